The van der Waals surface area contributed by atoms with Gasteiger partial charge in [0, 0.05) is 10.6 Å². The summed E-state index contributed by atoms with van der Waals surface area (Å²) < 4.78 is 5.29. The maximum atomic E-state index is 6.06. The Bertz CT molecular complexity index is 353. The molecule has 1 rings (SSSR count). The molecule has 0 fully saturated rings. The van der Waals surface area contributed by atoms with Crippen LogP contribution in [-0.4, -0.2) is 26.1 Å². The standard InChI is InChI=1S/C11H17ClN2O/c1-7-5-10(15-4)8(6-9(7)12)11(13)14(2)3/h5-6,11H,13H2,1-4H3. The lowest BCUT2D eigenvalue weighted by atomic mass is 10.1. The van der Waals surface area contributed by atoms with E-state index in [4.69, 9.17) is 22.1 Å². The van der Waals surface area contributed by atoms with Crippen molar-refractivity contribution in [1.82, 2.24) is 4.90 Å². The summed E-state index contributed by atoms with van der Waals surface area (Å²) in [5, 5.41) is 0.711. The normalized spacial score (nSPS) is 13.0. The Hall–Kier alpha value is -0.770. The predicted octanol–water partition coefficient (Wildman–Crippen LogP) is 2.18. The minimum Gasteiger partial charge on any atom is -0.496 e. The topological polar surface area (TPSA) is 38.5 Å². The van der Waals surface area contributed by atoms with Crippen LogP contribution in [0.25, 0.3) is 0 Å². The minimum absolute atomic E-state index is 0.210. The second kappa shape index (κ2) is 4.84. The number of hydrogen-bond acceptors (Lipinski definition) is 3. The fourth-order valence-corrected chi connectivity index (χ4v) is 1.53. The number of aryl methyl sites for hydroxylation is 1. The largest absolute Gasteiger partial charge is 0.496 e. The Morgan fingerprint density at radius 1 is 1.40 bits per heavy atom. The highest BCUT2D eigenvalue weighted by Gasteiger charge is 2.15. The van der Waals surface area contributed by atoms with Crippen LogP contribution in [-0.2, 0) is 0 Å². The molecule has 0 saturated heterocycles. The van der Waals surface area contributed by atoms with Crippen LogP contribution in [0.4, 0.5) is 0 Å². The third kappa shape index (κ3) is 2.62. The SMILES string of the molecule is COc1cc(C)c(Cl)cc1C(N)N(C)C. The first-order valence-corrected chi connectivity index (χ1v) is 5.11. The zero-order valence-electron chi connectivity index (χ0n) is 9.54. The molecule has 1 atom stereocenters. The van der Waals surface area contributed by atoms with Gasteiger partial charge in [0.05, 0.1) is 13.3 Å². The van der Waals surface area contributed by atoms with Crippen LogP contribution in [0.1, 0.15) is 17.3 Å². The third-order valence-corrected chi connectivity index (χ3v) is 2.79. The van der Waals surface area contributed by atoms with Gasteiger partial charge in [-0.1, -0.05) is 11.6 Å². The van der Waals surface area contributed by atoms with E-state index in [1.54, 1.807) is 7.11 Å². The molecule has 0 aliphatic heterocycles. The lowest BCUT2D eigenvalue weighted by molar-refractivity contribution is 0.295. The second-order valence-electron chi connectivity index (χ2n) is 3.75. The predicted molar refractivity (Wildman–Crippen MR) is 63.4 cm³/mol. The smallest absolute Gasteiger partial charge is 0.125 e. The second-order valence-corrected chi connectivity index (χ2v) is 4.16. The highest BCUT2D eigenvalue weighted by Crippen LogP contribution is 2.30. The van der Waals surface area contributed by atoms with E-state index in [1.165, 1.54) is 0 Å². The zero-order chi connectivity index (χ0) is 11.6. The first-order valence-electron chi connectivity index (χ1n) is 4.73. The summed E-state index contributed by atoms with van der Waals surface area (Å²) in [5.74, 6) is 0.776. The van der Waals surface area contributed by atoms with E-state index in [0.717, 1.165) is 16.9 Å². The van der Waals surface area contributed by atoms with E-state index in [-0.39, 0.29) is 6.17 Å². The lowest BCUT2D eigenvalue weighted by Gasteiger charge is -2.22. The summed E-state index contributed by atoms with van der Waals surface area (Å²) in [6.07, 6.45) is -0.210. The Morgan fingerprint density at radius 2 is 2.00 bits per heavy atom. The van der Waals surface area contributed by atoms with E-state index >= 15 is 0 Å². The summed E-state index contributed by atoms with van der Waals surface area (Å²) in [6.45, 7) is 1.94. The van der Waals surface area contributed by atoms with Crippen LogP contribution in [0.3, 0.4) is 0 Å². The highest BCUT2D eigenvalue weighted by molar-refractivity contribution is 6.31. The molecule has 3 nitrogen and oxygen atoms in total. The number of nitrogens with two attached hydrogens (primary N) is 1. The summed E-state index contributed by atoms with van der Waals surface area (Å²) in [7, 11) is 5.46. The van der Waals surface area contributed by atoms with E-state index in [9.17, 15) is 0 Å². The Morgan fingerprint density at radius 3 is 2.47 bits per heavy atom. The Balaban J connectivity index is 3.21. The van der Waals surface area contributed by atoms with Crippen LogP contribution in [0.15, 0.2) is 12.1 Å². The van der Waals surface area contributed by atoms with Crippen molar-refractivity contribution in [3.05, 3.63) is 28.3 Å². The van der Waals surface area contributed by atoms with Crippen LogP contribution in [0, 0.1) is 6.92 Å². The molecule has 0 aromatic heterocycles. The van der Waals surface area contributed by atoms with Crippen molar-refractivity contribution in [3.63, 3.8) is 0 Å². The number of benzene rings is 1. The fraction of sp³-hybridized carbons (Fsp3) is 0.455. The van der Waals surface area contributed by atoms with E-state index in [1.807, 2.05) is 38.1 Å². The number of hydrogen-bond donors (Lipinski definition) is 1. The van der Waals surface area contributed by atoms with Crippen molar-refractivity contribution in [2.24, 2.45) is 5.73 Å². The fourth-order valence-electron chi connectivity index (χ4n) is 1.36. The van der Waals surface area contributed by atoms with Crippen molar-refractivity contribution in [1.29, 1.82) is 0 Å². The maximum absolute atomic E-state index is 6.06. The van der Waals surface area contributed by atoms with E-state index < -0.39 is 0 Å². The average Bonchev–Trinajstić information content (AvgIpc) is 2.20. The highest BCUT2D eigenvalue weighted by atomic mass is 35.5. The number of nitrogens with zero attached hydrogens (tertiary/aromatic N) is 1. The molecule has 0 aliphatic carbocycles. The van der Waals surface area contributed by atoms with Gasteiger partial charge in [0.25, 0.3) is 0 Å². The van der Waals surface area contributed by atoms with Gasteiger partial charge >= 0.3 is 0 Å². The molecule has 84 valence electrons. The van der Waals surface area contributed by atoms with Crippen LogP contribution in [0.2, 0.25) is 5.02 Å². The first-order chi connectivity index (χ1) is 6.97. The van der Waals surface area contributed by atoms with Gasteiger partial charge in [-0.15, -0.1) is 0 Å². The monoisotopic (exact) mass is 228 g/mol. The molecule has 2 N–H and O–H groups in total. The Kier molecular flexibility index (Phi) is 3.97. The zero-order valence-corrected chi connectivity index (χ0v) is 10.3. The van der Waals surface area contributed by atoms with E-state index in [0.29, 0.717) is 5.02 Å². The summed E-state index contributed by atoms with van der Waals surface area (Å²) in [5.41, 5.74) is 7.91. The van der Waals surface area contributed by atoms with Crippen LogP contribution in [0.5, 0.6) is 5.75 Å². The molecular formula is C11H17ClN2O. The molecule has 0 saturated carbocycles. The van der Waals surface area contributed by atoms with Gasteiger partial charge in [-0.25, -0.2) is 0 Å². The molecule has 0 aliphatic rings. The molecule has 15 heavy (non-hydrogen) atoms. The molecule has 4 heteroatoms. The van der Waals surface area contributed by atoms with Crippen molar-refractivity contribution in [2.75, 3.05) is 21.2 Å². The van der Waals surface area contributed by atoms with Crippen LogP contribution < -0.4 is 10.5 Å². The summed E-state index contributed by atoms with van der Waals surface area (Å²) >= 11 is 6.06. The maximum Gasteiger partial charge on any atom is 0.125 e. The number of rotatable bonds is 3. The lowest BCUT2D eigenvalue weighted by Crippen LogP contribution is -2.27. The molecule has 0 spiro atoms. The van der Waals surface area contributed by atoms with Gasteiger partial charge in [-0.05, 0) is 38.7 Å². The average molecular weight is 229 g/mol. The Labute approximate surface area is 95.8 Å². The van der Waals surface area contributed by atoms with Gasteiger partial charge in [-0.3, -0.25) is 4.90 Å². The van der Waals surface area contributed by atoms with E-state index in [2.05, 4.69) is 0 Å². The molecule has 0 amide bonds. The number of methoxy groups -OCH3 is 1. The first kappa shape index (κ1) is 12.3. The van der Waals surface area contributed by atoms with Gasteiger partial charge in [0.15, 0.2) is 0 Å². The van der Waals surface area contributed by atoms with Gasteiger partial charge in [-0.2, -0.15) is 0 Å². The number of halogens is 1. The van der Waals surface area contributed by atoms with Crippen molar-refractivity contribution < 1.29 is 4.74 Å². The quantitative estimate of drug-likeness (QED) is 0.806. The van der Waals surface area contributed by atoms with Crippen molar-refractivity contribution >= 4 is 11.6 Å². The molecule has 1 aromatic carbocycles. The molecule has 1 unspecified atom stereocenters. The molecular weight excluding hydrogens is 212 g/mol. The molecule has 0 heterocycles. The van der Waals surface area contributed by atoms with Gasteiger partial charge in [0.1, 0.15) is 5.75 Å². The molecule has 0 radical (unpaired) electrons. The minimum atomic E-state index is -0.210. The third-order valence-electron chi connectivity index (χ3n) is 2.39. The van der Waals surface area contributed by atoms with Crippen LogP contribution >= 0.6 is 11.6 Å². The molecule has 1 aromatic rings. The van der Waals surface area contributed by atoms with Crippen molar-refractivity contribution in [2.45, 2.75) is 13.1 Å². The molecule has 0 bridgehead atoms. The van der Waals surface area contributed by atoms with Gasteiger partial charge in [0.2, 0.25) is 0 Å². The van der Waals surface area contributed by atoms with Crippen molar-refractivity contribution in [3.8, 4) is 5.75 Å². The number of ether oxygens (including phenoxy) is 1. The van der Waals surface area contributed by atoms with Gasteiger partial charge < -0.3 is 10.5 Å². The summed E-state index contributed by atoms with van der Waals surface area (Å²) in [6, 6.07) is 3.77. The summed E-state index contributed by atoms with van der Waals surface area (Å²) in [4.78, 5) is 1.91.